The molecule has 5 rings (SSSR count). The number of piperidine rings is 1. The van der Waals surface area contributed by atoms with Crippen molar-refractivity contribution >= 4 is 27.1 Å². The standard InChI is InChI=1S/C29H34N2O6S2/c1-21-3-10-25(38-21)19-31-17-15-28(16-18-31)13-14-29(20-28,27(32)30-33)39(34,35)26-11-8-24(9-12-26)37-23-6-4-22(36-2)5-7-23/h3-12,33H,13-20H2,1-2H3,(H,30,32). The molecule has 2 heterocycles. The Kier molecular flexibility index (Phi) is 7.74. The van der Waals surface area contributed by atoms with Gasteiger partial charge in [-0.3, -0.25) is 14.9 Å². The van der Waals surface area contributed by atoms with Crippen LogP contribution in [-0.2, 0) is 21.2 Å². The first-order chi connectivity index (χ1) is 18.7. The van der Waals surface area contributed by atoms with E-state index in [0.29, 0.717) is 23.7 Å². The summed E-state index contributed by atoms with van der Waals surface area (Å²) in [6, 6.07) is 17.5. The minimum Gasteiger partial charge on any atom is -0.497 e. The van der Waals surface area contributed by atoms with E-state index in [4.69, 9.17) is 9.47 Å². The van der Waals surface area contributed by atoms with Gasteiger partial charge in [0, 0.05) is 16.3 Å². The fraction of sp³-hybridized carbons (Fsp3) is 0.414. The second-order valence-electron chi connectivity index (χ2n) is 10.7. The van der Waals surface area contributed by atoms with Crippen molar-refractivity contribution in [2.75, 3.05) is 20.2 Å². The van der Waals surface area contributed by atoms with Crippen LogP contribution in [0.5, 0.6) is 17.2 Å². The Hall–Kier alpha value is -2.92. The fourth-order valence-corrected chi connectivity index (χ4v) is 9.03. The molecule has 1 amide bonds. The number of sulfone groups is 1. The van der Waals surface area contributed by atoms with E-state index >= 15 is 0 Å². The topological polar surface area (TPSA) is 105 Å². The molecule has 3 aromatic rings. The Morgan fingerprint density at radius 2 is 1.56 bits per heavy atom. The van der Waals surface area contributed by atoms with Crippen LogP contribution in [0.15, 0.2) is 65.6 Å². The summed E-state index contributed by atoms with van der Waals surface area (Å²) in [7, 11) is -2.52. The lowest BCUT2D eigenvalue weighted by Gasteiger charge is -2.40. The summed E-state index contributed by atoms with van der Waals surface area (Å²) in [5, 5.41) is 9.61. The number of benzene rings is 2. The number of nitrogens with one attached hydrogen (secondary N) is 1. The summed E-state index contributed by atoms with van der Waals surface area (Å²) < 4.78 is 37.3. The van der Waals surface area contributed by atoms with Crippen LogP contribution in [0.4, 0.5) is 0 Å². The summed E-state index contributed by atoms with van der Waals surface area (Å²) in [4.78, 5) is 18.1. The van der Waals surface area contributed by atoms with Gasteiger partial charge >= 0.3 is 0 Å². The third-order valence-corrected chi connectivity index (χ3v) is 11.7. The van der Waals surface area contributed by atoms with Crippen molar-refractivity contribution in [3.05, 3.63) is 70.4 Å². The summed E-state index contributed by atoms with van der Waals surface area (Å²) in [6.45, 7) is 4.70. The van der Waals surface area contributed by atoms with Crippen LogP contribution in [-0.4, -0.2) is 49.4 Å². The molecule has 1 aliphatic carbocycles. The van der Waals surface area contributed by atoms with Crippen LogP contribution in [0.25, 0.3) is 0 Å². The zero-order valence-corrected chi connectivity index (χ0v) is 23.8. The lowest BCUT2D eigenvalue weighted by atomic mass is 9.76. The highest BCUT2D eigenvalue weighted by Gasteiger charge is 2.60. The first kappa shape index (κ1) is 27.6. The van der Waals surface area contributed by atoms with Crippen molar-refractivity contribution < 1.29 is 27.9 Å². The summed E-state index contributed by atoms with van der Waals surface area (Å²) >= 11 is 1.80. The monoisotopic (exact) mass is 570 g/mol. The highest BCUT2D eigenvalue weighted by atomic mass is 32.2. The van der Waals surface area contributed by atoms with Gasteiger partial charge in [0.1, 0.15) is 17.2 Å². The minimum atomic E-state index is -4.10. The van der Waals surface area contributed by atoms with Gasteiger partial charge in [-0.25, -0.2) is 13.9 Å². The predicted molar refractivity (Wildman–Crippen MR) is 149 cm³/mol. The molecule has 1 saturated heterocycles. The molecule has 1 aliphatic heterocycles. The molecule has 1 unspecified atom stereocenters. The second kappa shape index (κ2) is 10.9. The molecule has 1 aromatic heterocycles. The Balaban J connectivity index is 1.31. The van der Waals surface area contributed by atoms with E-state index in [0.717, 1.165) is 32.5 Å². The SMILES string of the molecule is COc1ccc(Oc2ccc(S(=O)(=O)C3(C(=O)NO)CCC4(CCN(Cc5ccc(C)s5)CC4)C3)cc2)cc1. The normalized spacial score (nSPS) is 21.1. The molecule has 8 nitrogen and oxygen atoms in total. The molecule has 2 fully saturated rings. The number of hydrogen-bond donors (Lipinski definition) is 2. The van der Waals surface area contributed by atoms with E-state index in [1.165, 1.54) is 21.9 Å². The smallest absolute Gasteiger partial charge is 0.265 e. The highest BCUT2D eigenvalue weighted by molar-refractivity contribution is 7.93. The number of methoxy groups -OCH3 is 1. The van der Waals surface area contributed by atoms with Gasteiger partial charge in [0.05, 0.1) is 12.0 Å². The zero-order valence-electron chi connectivity index (χ0n) is 22.2. The molecule has 2 N–H and O–H groups in total. The second-order valence-corrected chi connectivity index (χ2v) is 14.3. The van der Waals surface area contributed by atoms with Crippen LogP contribution in [0, 0.1) is 12.3 Å². The summed E-state index contributed by atoms with van der Waals surface area (Å²) in [5.41, 5.74) is 1.43. The largest absolute Gasteiger partial charge is 0.497 e. The maximum Gasteiger partial charge on any atom is 0.265 e. The zero-order chi connectivity index (χ0) is 27.7. The minimum absolute atomic E-state index is 0.0377. The maximum absolute atomic E-state index is 14.0. The molecule has 1 saturated carbocycles. The van der Waals surface area contributed by atoms with Crippen LogP contribution < -0.4 is 15.0 Å². The molecule has 2 aromatic carbocycles. The number of nitrogens with zero attached hydrogens (tertiary/aromatic N) is 1. The predicted octanol–water partition coefficient (Wildman–Crippen LogP) is 5.34. The van der Waals surface area contributed by atoms with Crippen molar-refractivity contribution in [2.45, 2.75) is 55.2 Å². The number of hydroxylamine groups is 1. The molecular formula is C29H34N2O6S2. The van der Waals surface area contributed by atoms with E-state index in [1.54, 1.807) is 60.3 Å². The Morgan fingerprint density at radius 3 is 2.13 bits per heavy atom. The number of ether oxygens (including phenoxy) is 2. The average Bonchev–Trinajstić information content (AvgIpc) is 3.54. The third-order valence-electron chi connectivity index (χ3n) is 8.27. The number of likely N-dealkylation sites (tertiary alicyclic amines) is 1. The Labute approximate surface area is 233 Å². The Bertz CT molecular complexity index is 1410. The van der Waals surface area contributed by atoms with Crippen molar-refractivity contribution in [2.24, 2.45) is 5.41 Å². The quantitative estimate of drug-likeness (QED) is 0.278. The molecule has 1 spiro atoms. The number of thiophene rings is 1. The number of hydrogen-bond acceptors (Lipinski definition) is 8. The van der Waals surface area contributed by atoms with Gasteiger partial charge in [-0.15, -0.1) is 11.3 Å². The van der Waals surface area contributed by atoms with Gasteiger partial charge in [0.25, 0.3) is 5.91 Å². The summed E-state index contributed by atoms with van der Waals surface area (Å²) in [5.74, 6) is 0.903. The van der Waals surface area contributed by atoms with Crippen LogP contribution in [0.2, 0.25) is 0 Å². The van der Waals surface area contributed by atoms with Gasteiger partial charge in [0.15, 0.2) is 14.6 Å². The van der Waals surface area contributed by atoms with E-state index < -0.39 is 20.5 Å². The summed E-state index contributed by atoms with van der Waals surface area (Å²) in [6.07, 6.45) is 2.65. The number of rotatable bonds is 8. The molecule has 0 bridgehead atoms. The van der Waals surface area contributed by atoms with Gasteiger partial charge in [-0.1, -0.05) is 0 Å². The van der Waals surface area contributed by atoms with Crippen molar-refractivity contribution in [3.8, 4) is 17.2 Å². The highest BCUT2D eigenvalue weighted by Crippen LogP contribution is 2.55. The average molecular weight is 571 g/mol. The number of aryl methyl sites for hydroxylation is 1. The molecule has 0 radical (unpaired) electrons. The van der Waals surface area contributed by atoms with Gasteiger partial charge in [0.2, 0.25) is 0 Å². The van der Waals surface area contributed by atoms with E-state index in [-0.39, 0.29) is 23.2 Å². The Morgan fingerprint density at radius 1 is 0.949 bits per heavy atom. The van der Waals surface area contributed by atoms with Crippen molar-refractivity contribution in [1.82, 2.24) is 10.4 Å². The molecule has 39 heavy (non-hydrogen) atoms. The maximum atomic E-state index is 14.0. The molecule has 208 valence electrons. The van der Waals surface area contributed by atoms with Gasteiger partial charge < -0.3 is 9.47 Å². The lowest BCUT2D eigenvalue weighted by molar-refractivity contribution is -0.132. The fourth-order valence-electron chi connectivity index (χ4n) is 5.99. The van der Waals surface area contributed by atoms with Crippen molar-refractivity contribution in [1.29, 1.82) is 0 Å². The van der Waals surface area contributed by atoms with Crippen LogP contribution in [0.1, 0.15) is 41.9 Å². The van der Waals surface area contributed by atoms with Crippen LogP contribution >= 0.6 is 11.3 Å². The van der Waals surface area contributed by atoms with Crippen molar-refractivity contribution in [3.63, 3.8) is 0 Å². The van der Waals surface area contributed by atoms with E-state index in [1.807, 2.05) is 0 Å². The first-order valence-electron chi connectivity index (χ1n) is 13.1. The number of carbonyl (C=O) groups is 1. The molecular weight excluding hydrogens is 536 g/mol. The van der Waals surface area contributed by atoms with Gasteiger partial charge in [-0.05, 0) is 118 Å². The molecule has 2 aliphatic rings. The first-order valence-corrected chi connectivity index (χ1v) is 15.4. The van der Waals surface area contributed by atoms with Crippen LogP contribution in [0.3, 0.4) is 0 Å². The molecule has 10 heteroatoms. The van der Waals surface area contributed by atoms with E-state index in [2.05, 4.69) is 24.0 Å². The third kappa shape index (κ3) is 5.43. The van der Waals surface area contributed by atoms with Gasteiger partial charge in [-0.2, -0.15) is 0 Å². The van der Waals surface area contributed by atoms with E-state index in [9.17, 15) is 18.4 Å². The molecule has 1 atom stereocenters. The number of amides is 1. The number of carbonyl (C=O) groups excluding carboxylic acids is 1. The lowest BCUT2D eigenvalue weighted by Crippen LogP contribution is -2.51.